The molecular formula is C25H33N3O2. The Labute approximate surface area is 179 Å². The number of rotatable bonds is 4. The van der Waals surface area contributed by atoms with Gasteiger partial charge in [-0.25, -0.2) is 4.98 Å². The minimum atomic E-state index is 0.448. The van der Waals surface area contributed by atoms with Crippen LogP contribution in [0.5, 0.6) is 0 Å². The van der Waals surface area contributed by atoms with E-state index >= 15 is 0 Å². The lowest BCUT2D eigenvalue weighted by Gasteiger charge is -2.27. The third-order valence-corrected chi connectivity index (χ3v) is 7.13. The third kappa shape index (κ3) is 4.11. The SMILES string of the molecule is Nc1ncc(-c2ccc(C3CCOCC3)c([C@@H]3CCCN3)c2)cc1C1CCOCC1. The lowest BCUT2D eigenvalue weighted by Crippen LogP contribution is -2.19. The van der Waals surface area contributed by atoms with Crippen LogP contribution in [0.25, 0.3) is 11.1 Å². The van der Waals surface area contributed by atoms with Gasteiger partial charge in [0.2, 0.25) is 0 Å². The fraction of sp³-hybridized carbons (Fsp3) is 0.560. The maximum atomic E-state index is 6.28. The number of nitrogens with two attached hydrogens (primary N) is 1. The first-order valence-electron chi connectivity index (χ1n) is 11.6. The summed E-state index contributed by atoms with van der Waals surface area (Å²) in [5, 5.41) is 3.72. The number of pyridine rings is 1. The highest BCUT2D eigenvalue weighted by Gasteiger charge is 2.26. The first-order valence-corrected chi connectivity index (χ1v) is 11.6. The van der Waals surface area contributed by atoms with Gasteiger partial charge in [-0.2, -0.15) is 0 Å². The van der Waals surface area contributed by atoms with Crippen molar-refractivity contribution in [2.45, 2.75) is 56.4 Å². The molecule has 2 aromatic rings. The predicted molar refractivity (Wildman–Crippen MR) is 120 cm³/mol. The first kappa shape index (κ1) is 20.0. The van der Waals surface area contributed by atoms with E-state index in [-0.39, 0.29) is 0 Å². The van der Waals surface area contributed by atoms with Crippen molar-refractivity contribution in [2.24, 2.45) is 0 Å². The molecule has 3 aliphatic heterocycles. The molecular weight excluding hydrogens is 374 g/mol. The van der Waals surface area contributed by atoms with Gasteiger partial charge in [-0.1, -0.05) is 12.1 Å². The number of anilines is 1. The standard InChI is InChI=1S/C25H33N3O2/c26-25-22(18-7-12-30-13-8-18)15-20(16-28-25)19-3-4-21(17-5-10-29-11-6-17)23(14-19)24-2-1-9-27-24/h3-4,14-18,24,27H,1-2,5-13H2,(H2,26,28)/t24-/m0/s1. The van der Waals surface area contributed by atoms with Gasteiger partial charge in [0, 0.05) is 44.2 Å². The van der Waals surface area contributed by atoms with Gasteiger partial charge in [0.1, 0.15) is 5.82 Å². The third-order valence-electron chi connectivity index (χ3n) is 7.13. The van der Waals surface area contributed by atoms with Gasteiger partial charge in [0.05, 0.1) is 0 Å². The summed E-state index contributed by atoms with van der Waals surface area (Å²) in [6.45, 7) is 4.48. The lowest BCUT2D eigenvalue weighted by atomic mass is 9.83. The number of aromatic nitrogens is 1. The van der Waals surface area contributed by atoms with Gasteiger partial charge >= 0.3 is 0 Å². The van der Waals surface area contributed by atoms with Crippen LogP contribution in [0.1, 0.15) is 73.1 Å². The normalized spacial score (nSPS) is 23.7. The topological polar surface area (TPSA) is 69.4 Å². The second kappa shape index (κ2) is 9.04. The number of ether oxygens (including phenoxy) is 2. The van der Waals surface area contributed by atoms with Crippen molar-refractivity contribution in [3.8, 4) is 11.1 Å². The van der Waals surface area contributed by atoms with Crippen LogP contribution in [0.4, 0.5) is 5.82 Å². The molecule has 3 N–H and O–H groups in total. The molecule has 0 unspecified atom stereocenters. The summed E-state index contributed by atoms with van der Waals surface area (Å²) in [5.74, 6) is 1.72. The molecule has 0 bridgehead atoms. The molecule has 0 saturated carbocycles. The van der Waals surface area contributed by atoms with Gasteiger partial charge in [0.15, 0.2) is 0 Å². The highest BCUT2D eigenvalue weighted by Crippen LogP contribution is 2.38. The van der Waals surface area contributed by atoms with Crippen LogP contribution in [0.15, 0.2) is 30.5 Å². The van der Waals surface area contributed by atoms with Crippen LogP contribution >= 0.6 is 0 Å². The van der Waals surface area contributed by atoms with E-state index in [0.717, 1.165) is 58.7 Å². The Bertz CT molecular complexity index is 867. The summed E-state index contributed by atoms with van der Waals surface area (Å²) in [6, 6.07) is 9.79. The predicted octanol–water partition coefficient (Wildman–Crippen LogP) is 4.54. The van der Waals surface area contributed by atoms with E-state index in [2.05, 4.69) is 34.6 Å². The number of hydrogen-bond acceptors (Lipinski definition) is 5. The molecule has 3 saturated heterocycles. The van der Waals surface area contributed by atoms with E-state index in [1.54, 1.807) is 0 Å². The largest absolute Gasteiger partial charge is 0.383 e. The van der Waals surface area contributed by atoms with Crippen molar-refractivity contribution in [1.82, 2.24) is 10.3 Å². The molecule has 0 amide bonds. The van der Waals surface area contributed by atoms with Crippen molar-refractivity contribution in [3.05, 3.63) is 47.2 Å². The van der Waals surface area contributed by atoms with Crippen molar-refractivity contribution < 1.29 is 9.47 Å². The molecule has 1 aromatic heterocycles. The summed E-state index contributed by atoms with van der Waals surface area (Å²) in [5.41, 5.74) is 12.9. The number of nitrogens with zero attached hydrogens (tertiary/aromatic N) is 1. The quantitative estimate of drug-likeness (QED) is 0.778. The molecule has 5 nitrogen and oxygen atoms in total. The number of hydrogen-bond donors (Lipinski definition) is 2. The Morgan fingerprint density at radius 3 is 2.13 bits per heavy atom. The Morgan fingerprint density at radius 2 is 1.47 bits per heavy atom. The van der Waals surface area contributed by atoms with Crippen molar-refractivity contribution in [1.29, 1.82) is 0 Å². The second-order valence-electron chi connectivity index (χ2n) is 8.96. The zero-order valence-corrected chi connectivity index (χ0v) is 17.7. The molecule has 0 radical (unpaired) electrons. The van der Waals surface area contributed by atoms with E-state index in [1.165, 1.54) is 40.7 Å². The highest BCUT2D eigenvalue weighted by atomic mass is 16.5. The Kier molecular flexibility index (Phi) is 6.02. The van der Waals surface area contributed by atoms with E-state index in [9.17, 15) is 0 Å². The Balaban J connectivity index is 1.50. The number of nitrogen functional groups attached to an aromatic ring is 1. The zero-order chi connectivity index (χ0) is 20.3. The molecule has 0 aliphatic carbocycles. The van der Waals surface area contributed by atoms with Crippen LogP contribution in [0.2, 0.25) is 0 Å². The summed E-state index contributed by atoms with van der Waals surface area (Å²) in [4.78, 5) is 4.57. The van der Waals surface area contributed by atoms with E-state index < -0.39 is 0 Å². The van der Waals surface area contributed by atoms with E-state index in [1.807, 2.05) is 6.20 Å². The van der Waals surface area contributed by atoms with Crippen molar-refractivity contribution in [2.75, 3.05) is 38.7 Å². The molecule has 0 spiro atoms. The number of nitrogens with one attached hydrogen (secondary N) is 1. The molecule has 3 aliphatic rings. The monoisotopic (exact) mass is 407 g/mol. The molecule has 30 heavy (non-hydrogen) atoms. The molecule has 3 fully saturated rings. The van der Waals surface area contributed by atoms with Gasteiger partial charge in [-0.05, 0) is 91.3 Å². The summed E-state index contributed by atoms with van der Waals surface area (Å²) in [6.07, 6.45) is 8.69. The highest BCUT2D eigenvalue weighted by molar-refractivity contribution is 5.67. The molecule has 1 atom stereocenters. The number of benzene rings is 1. The van der Waals surface area contributed by atoms with Crippen LogP contribution in [-0.4, -0.2) is 38.0 Å². The van der Waals surface area contributed by atoms with Crippen molar-refractivity contribution >= 4 is 5.82 Å². The van der Waals surface area contributed by atoms with Gasteiger partial charge < -0.3 is 20.5 Å². The molecule has 5 heteroatoms. The zero-order valence-electron chi connectivity index (χ0n) is 17.7. The van der Waals surface area contributed by atoms with Gasteiger partial charge in [-0.15, -0.1) is 0 Å². The lowest BCUT2D eigenvalue weighted by molar-refractivity contribution is 0.0850. The van der Waals surface area contributed by atoms with E-state index in [4.69, 9.17) is 15.2 Å². The molecule has 4 heterocycles. The van der Waals surface area contributed by atoms with Gasteiger partial charge in [-0.3, -0.25) is 0 Å². The molecule has 1 aromatic carbocycles. The summed E-state index contributed by atoms with van der Waals surface area (Å²) < 4.78 is 11.2. The van der Waals surface area contributed by atoms with Crippen LogP contribution < -0.4 is 11.1 Å². The second-order valence-corrected chi connectivity index (χ2v) is 8.96. The fourth-order valence-corrected chi connectivity index (χ4v) is 5.37. The minimum absolute atomic E-state index is 0.448. The van der Waals surface area contributed by atoms with Gasteiger partial charge in [0.25, 0.3) is 0 Å². The van der Waals surface area contributed by atoms with Crippen LogP contribution in [0, 0.1) is 0 Å². The Hall–Kier alpha value is -1.95. The summed E-state index contributed by atoms with van der Waals surface area (Å²) in [7, 11) is 0. The van der Waals surface area contributed by atoms with Crippen LogP contribution in [-0.2, 0) is 9.47 Å². The summed E-state index contributed by atoms with van der Waals surface area (Å²) >= 11 is 0. The molecule has 5 rings (SSSR count). The van der Waals surface area contributed by atoms with Crippen LogP contribution in [0.3, 0.4) is 0 Å². The Morgan fingerprint density at radius 1 is 0.800 bits per heavy atom. The maximum Gasteiger partial charge on any atom is 0.126 e. The average Bonchev–Trinajstić information content (AvgIpc) is 3.35. The maximum absolute atomic E-state index is 6.28. The first-order chi connectivity index (χ1) is 14.8. The molecule has 160 valence electrons. The fourth-order valence-electron chi connectivity index (χ4n) is 5.37. The van der Waals surface area contributed by atoms with E-state index in [0.29, 0.717) is 23.7 Å². The minimum Gasteiger partial charge on any atom is -0.383 e. The van der Waals surface area contributed by atoms with Crippen molar-refractivity contribution in [3.63, 3.8) is 0 Å². The smallest absolute Gasteiger partial charge is 0.126 e. The average molecular weight is 408 g/mol.